The van der Waals surface area contributed by atoms with Gasteiger partial charge in [0.1, 0.15) is 5.54 Å². The number of hydrogen-bond acceptors (Lipinski definition) is 5. The first-order valence-corrected chi connectivity index (χ1v) is 7.95. The lowest BCUT2D eigenvalue weighted by Gasteiger charge is -2.33. The molecule has 1 spiro atoms. The fourth-order valence-corrected chi connectivity index (χ4v) is 3.28. The van der Waals surface area contributed by atoms with Crippen molar-refractivity contribution in [3.05, 3.63) is 5.82 Å². The summed E-state index contributed by atoms with van der Waals surface area (Å²) in [7, 11) is 0. The third-order valence-electron chi connectivity index (χ3n) is 4.71. The first-order chi connectivity index (χ1) is 10.6. The van der Waals surface area contributed by atoms with Gasteiger partial charge in [-0.1, -0.05) is 13.8 Å². The molecule has 3 amide bonds. The van der Waals surface area contributed by atoms with Crippen molar-refractivity contribution in [1.29, 1.82) is 0 Å². The molecule has 8 nitrogen and oxygen atoms in total. The van der Waals surface area contributed by atoms with Crippen molar-refractivity contribution < 1.29 is 9.59 Å². The molecule has 1 saturated heterocycles. The van der Waals surface area contributed by atoms with E-state index in [-0.39, 0.29) is 18.5 Å². The average molecular weight is 306 g/mol. The van der Waals surface area contributed by atoms with Gasteiger partial charge >= 0.3 is 6.03 Å². The van der Waals surface area contributed by atoms with E-state index in [0.29, 0.717) is 18.3 Å². The number of aromatic nitrogens is 4. The number of carbonyl (C=O) groups is 2. The van der Waals surface area contributed by atoms with Crippen molar-refractivity contribution in [2.24, 2.45) is 5.92 Å². The summed E-state index contributed by atoms with van der Waals surface area (Å²) in [5, 5.41) is 14.4. The molecular weight excluding hydrogens is 284 g/mol. The molecule has 8 heteroatoms. The molecule has 1 N–H and O–H groups in total. The molecule has 22 heavy (non-hydrogen) atoms. The minimum atomic E-state index is -0.702. The van der Waals surface area contributed by atoms with Crippen LogP contribution in [0.25, 0.3) is 0 Å². The van der Waals surface area contributed by atoms with Gasteiger partial charge in [0.2, 0.25) is 0 Å². The Kier molecular flexibility index (Phi) is 3.84. The van der Waals surface area contributed by atoms with Gasteiger partial charge in [-0.2, -0.15) is 0 Å². The molecule has 1 saturated carbocycles. The Morgan fingerprint density at radius 2 is 2.05 bits per heavy atom. The number of carbonyl (C=O) groups excluding carboxylic acids is 2. The highest BCUT2D eigenvalue weighted by Gasteiger charge is 2.52. The van der Waals surface area contributed by atoms with E-state index in [0.717, 1.165) is 32.1 Å². The number of tetrazole rings is 1. The molecule has 3 rings (SSSR count). The van der Waals surface area contributed by atoms with Crippen molar-refractivity contribution in [1.82, 2.24) is 30.4 Å². The molecule has 1 aliphatic heterocycles. The highest BCUT2D eigenvalue weighted by molar-refractivity contribution is 6.06. The van der Waals surface area contributed by atoms with Gasteiger partial charge in [0.05, 0.1) is 6.54 Å². The number of nitrogens with zero attached hydrogens (tertiary/aromatic N) is 5. The summed E-state index contributed by atoms with van der Waals surface area (Å²) in [5.41, 5.74) is -0.702. The van der Waals surface area contributed by atoms with Crippen molar-refractivity contribution >= 4 is 11.9 Å². The Labute approximate surface area is 129 Å². The average Bonchev–Trinajstić information content (AvgIpc) is 3.02. The van der Waals surface area contributed by atoms with Crippen LogP contribution in [0.4, 0.5) is 4.79 Å². The molecule has 1 aliphatic carbocycles. The molecule has 0 radical (unpaired) electrons. The molecule has 2 aliphatic rings. The summed E-state index contributed by atoms with van der Waals surface area (Å²) in [6, 6.07) is -0.328. The van der Waals surface area contributed by atoms with E-state index in [1.54, 1.807) is 4.68 Å². The number of imide groups is 1. The molecule has 0 aromatic carbocycles. The van der Waals surface area contributed by atoms with Crippen LogP contribution in [0.3, 0.4) is 0 Å². The molecule has 120 valence electrons. The van der Waals surface area contributed by atoms with Crippen LogP contribution < -0.4 is 5.32 Å². The van der Waals surface area contributed by atoms with Gasteiger partial charge in [0, 0.05) is 6.54 Å². The van der Waals surface area contributed by atoms with Crippen molar-refractivity contribution in [2.75, 3.05) is 0 Å². The molecule has 2 fully saturated rings. The number of nitrogens with one attached hydrogen (secondary N) is 1. The smallest absolute Gasteiger partial charge is 0.323 e. The summed E-state index contributed by atoms with van der Waals surface area (Å²) in [6.45, 7) is 5.02. The maximum Gasteiger partial charge on any atom is 0.325 e. The van der Waals surface area contributed by atoms with E-state index in [4.69, 9.17) is 0 Å². The Morgan fingerprint density at radius 3 is 2.73 bits per heavy atom. The fourth-order valence-electron chi connectivity index (χ4n) is 3.28. The minimum absolute atomic E-state index is 0.129. The van der Waals surface area contributed by atoms with Gasteiger partial charge in [0.25, 0.3) is 5.91 Å². The minimum Gasteiger partial charge on any atom is -0.323 e. The number of urea groups is 1. The summed E-state index contributed by atoms with van der Waals surface area (Å²) in [4.78, 5) is 26.3. The lowest BCUT2D eigenvalue weighted by atomic mass is 9.77. The van der Waals surface area contributed by atoms with Gasteiger partial charge in [-0.25, -0.2) is 9.48 Å². The second-order valence-electron chi connectivity index (χ2n) is 6.40. The third kappa shape index (κ3) is 2.46. The molecule has 0 unspecified atom stereocenters. The van der Waals surface area contributed by atoms with E-state index in [1.807, 2.05) is 6.92 Å². The maximum absolute atomic E-state index is 12.8. The molecule has 1 aromatic heterocycles. The van der Waals surface area contributed by atoms with E-state index in [2.05, 4.69) is 27.8 Å². The molecule has 0 bridgehead atoms. The predicted octanol–water partition coefficient (Wildman–Crippen LogP) is 1.08. The van der Waals surface area contributed by atoms with Crippen LogP contribution in [-0.4, -0.2) is 42.6 Å². The van der Waals surface area contributed by atoms with Crippen LogP contribution in [0.15, 0.2) is 0 Å². The number of amides is 3. The Balaban J connectivity index is 1.76. The van der Waals surface area contributed by atoms with Gasteiger partial charge in [-0.05, 0) is 48.4 Å². The Hall–Kier alpha value is -1.99. The highest BCUT2D eigenvalue weighted by atomic mass is 16.2. The van der Waals surface area contributed by atoms with Crippen LogP contribution in [0.5, 0.6) is 0 Å². The van der Waals surface area contributed by atoms with E-state index < -0.39 is 5.54 Å². The Morgan fingerprint density at radius 1 is 1.32 bits per heavy atom. The standard InChI is InChI=1S/C14H22N6O2/c1-3-8-20-11(16-17-18-20)9-19-12(21)14(15-13(19)22)6-4-10(2)5-7-14/h10H,3-9H2,1-2H3,(H,15,22). The third-order valence-corrected chi connectivity index (χ3v) is 4.71. The normalized spacial score (nSPS) is 28.5. The quantitative estimate of drug-likeness (QED) is 0.840. The van der Waals surface area contributed by atoms with Crippen LogP contribution in [-0.2, 0) is 17.9 Å². The maximum atomic E-state index is 12.8. The molecule has 0 atom stereocenters. The van der Waals surface area contributed by atoms with Crippen LogP contribution in [0.1, 0.15) is 51.8 Å². The second-order valence-corrected chi connectivity index (χ2v) is 6.40. The number of hydrogen-bond donors (Lipinski definition) is 1. The van der Waals surface area contributed by atoms with Crippen LogP contribution in [0, 0.1) is 5.92 Å². The summed E-state index contributed by atoms with van der Waals surface area (Å²) < 4.78 is 1.65. The second kappa shape index (κ2) is 5.66. The van der Waals surface area contributed by atoms with Gasteiger partial charge in [-0.15, -0.1) is 5.10 Å². The van der Waals surface area contributed by atoms with Gasteiger partial charge < -0.3 is 5.32 Å². The first kappa shape index (κ1) is 14.9. The zero-order chi connectivity index (χ0) is 15.7. The lowest BCUT2D eigenvalue weighted by molar-refractivity contribution is -0.133. The van der Waals surface area contributed by atoms with Gasteiger partial charge in [-0.3, -0.25) is 9.69 Å². The highest BCUT2D eigenvalue weighted by Crippen LogP contribution is 2.36. The summed E-state index contributed by atoms with van der Waals surface area (Å²) in [5.74, 6) is 1.03. The zero-order valence-electron chi connectivity index (χ0n) is 13.1. The fraction of sp³-hybridized carbons (Fsp3) is 0.786. The molecule has 2 heterocycles. The van der Waals surface area contributed by atoms with E-state index >= 15 is 0 Å². The summed E-state index contributed by atoms with van der Waals surface area (Å²) >= 11 is 0. The molecule has 1 aromatic rings. The number of rotatable bonds is 4. The largest absolute Gasteiger partial charge is 0.325 e. The monoisotopic (exact) mass is 306 g/mol. The van der Waals surface area contributed by atoms with E-state index in [9.17, 15) is 9.59 Å². The SMILES string of the molecule is CCCn1nnnc1CN1C(=O)NC2(CCC(C)CC2)C1=O. The Bertz CT molecular complexity index is 576. The lowest BCUT2D eigenvalue weighted by Crippen LogP contribution is -2.49. The van der Waals surface area contributed by atoms with E-state index in [1.165, 1.54) is 4.90 Å². The molecular formula is C14H22N6O2. The van der Waals surface area contributed by atoms with Crippen molar-refractivity contribution in [3.63, 3.8) is 0 Å². The van der Waals surface area contributed by atoms with Crippen molar-refractivity contribution in [2.45, 2.75) is 64.6 Å². The van der Waals surface area contributed by atoms with Crippen LogP contribution in [0.2, 0.25) is 0 Å². The van der Waals surface area contributed by atoms with Crippen molar-refractivity contribution in [3.8, 4) is 0 Å². The van der Waals surface area contributed by atoms with Gasteiger partial charge in [0.15, 0.2) is 5.82 Å². The predicted molar refractivity (Wildman–Crippen MR) is 77.6 cm³/mol. The summed E-state index contributed by atoms with van der Waals surface area (Å²) in [6.07, 6.45) is 4.26. The topological polar surface area (TPSA) is 93.0 Å². The number of aryl methyl sites for hydroxylation is 1. The van der Waals surface area contributed by atoms with Crippen LogP contribution >= 0.6 is 0 Å². The first-order valence-electron chi connectivity index (χ1n) is 7.95. The zero-order valence-corrected chi connectivity index (χ0v) is 13.1.